The highest BCUT2D eigenvalue weighted by Gasteiger charge is 2.55. The van der Waals surface area contributed by atoms with Crippen LogP contribution in [-0.4, -0.2) is 68.4 Å². The van der Waals surface area contributed by atoms with Gasteiger partial charge in [-0.15, -0.1) is 0 Å². The molecule has 0 amide bonds. The molecule has 0 bridgehead atoms. The molecule has 6 unspecified atom stereocenters. The first-order valence-electron chi connectivity index (χ1n) is 9.32. The van der Waals surface area contributed by atoms with Crippen molar-refractivity contribution in [2.24, 2.45) is 5.73 Å². The summed E-state index contributed by atoms with van der Waals surface area (Å²) in [5, 5.41) is 41.6. The van der Waals surface area contributed by atoms with Gasteiger partial charge in [0.2, 0.25) is 5.79 Å². The summed E-state index contributed by atoms with van der Waals surface area (Å²) in [6.07, 6.45) is -0.419. The molecule has 0 radical (unpaired) electrons. The molecule has 7 heteroatoms. The molecule has 25 heavy (non-hydrogen) atoms. The van der Waals surface area contributed by atoms with Gasteiger partial charge in [-0.1, -0.05) is 27.2 Å². The number of hydrogen-bond donors (Lipinski definition) is 5. The molecule has 6 atom stereocenters. The number of ether oxygens (including phenoxy) is 2. The van der Waals surface area contributed by atoms with E-state index in [1.807, 2.05) is 27.7 Å². The van der Waals surface area contributed by atoms with Crippen LogP contribution in [0, 0.1) is 0 Å². The fourth-order valence-corrected chi connectivity index (χ4v) is 3.36. The summed E-state index contributed by atoms with van der Waals surface area (Å²) in [7, 11) is 0. The first-order chi connectivity index (χ1) is 11.5. The van der Waals surface area contributed by atoms with Crippen LogP contribution < -0.4 is 5.73 Å². The predicted molar refractivity (Wildman–Crippen MR) is 94.9 cm³/mol. The molecule has 0 aromatic heterocycles. The molecular weight excluding hydrogens is 326 g/mol. The van der Waals surface area contributed by atoms with E-state index in [0.29, 0.717) is 19.3 Å². The van der Waals surface area contributed by atoms with Crippen LogP contribution >= 0.6 is 0 Å². The van der Waals surface area contributed by atoms with Crippen LogP contribution in [0.15, 0.2) is 0 Å². The molecule has 7 nitrogen and oxygen atoms in total. The molecule has 1 saturated heterocycles. The van der Waals surface area contributed by atoms with Gasteiger partial charge in [-0.2, -0.15) is 0 Å². The van der Waals surface area contributed by atoms with Crippen LogP contribution in [-0.2, 0) is 9.47 Å². The Hall–Kier alpha value is -0.280. The quantitative estimate of drug-likeness (QED) is 0.407. The van der Waals surface area contributed by atoms with Crippen LogP contribution in [0.5, 0.6) is 0 Å². The third-order valence-electron chi connectivity index (χ3n) is 5.50. The van der Waals surface area contributed by atoms with Gasteiger partial charge in [-0.25, -0.2) is 0 Å². The van der Waals surface area contributed by atoms with E-state index in [1.54, 1.807) is 6.92 Å². The topological polar surface area (TPSA) is 125 Å². The fraction of sp³-hybridized carbons (Fsp3) is 1.00. The summed E-state index contributed by atoms with van der Waals surface area (Å²) < 4.78 is 11.6. The van der Waals surface area contributed by atoms with Crippen molar-refractivity contribution in [2.75, 3.05) is 6.61 Å². The average Bonchev–Trinajstić information content (AvgIpc) is 2.56. The summed E-state index contributed by atoms with van der Waals surface area (Å²) in [4.78, 5) is 0. The lowest BCUT2D eigenvalue weighted by molar-refractivity contribution is -0.362. The van der Waals surface area contributed by atoms with Gasteiger partial charge in [0, 0.05) is 6.42 Å². The Morgan fingerprint density at radius 1 is 1.20 bits per heavy atom. The van der Waals surface area contributed by atoms with Crippen LogP contribution in [0.25, 0.3) is 0 Å². The average molecular weight is 363 g/mol. The molecule has 0 aromatic carbocycles. The van der Waals surface area contributed by atoms with E-state index in [9.17, 15) is 20.4 Å². The molecule has 1 fully saturated rings. The first kappa shape index (κ1) is 22.8. The van der Waals surface area contributed by atoms with Gasteiger partial charge in [0.15, 0.2) is 0 Å². The van der Waals surface area contributed by atoms with Gasteiger partial charge in [0.05, 0.1) is 30.0 Å². The number of rotatable bonds is 9. The largest absolute Gasteiger partial charge is 0.391 e. The van der Waals surface area contributed by atoms with Crippen molar-refractivity contribution >= 4 is 0 Å². The molecule has 1 aliphatic rings. The Labute approximate surface area is 151 Å². The van der Waals surface area contributed by atoms with Gasteiger partial charge in [0.25, 0.3) is 0 Å². The minimum Gasteiger partial charge on any atom is -0.391 e. The van der Waals surface area contributed by atoms with Gasteiger partial charge in [-0.3, -0.25) is 0 Å². The van der Waals surface area contributed by atoms with Crippen LogP contribution in [0.2, 0.25) is 0 Å². The second kappa shape index (κ2) is 8.61. The van der Waals surface area contributed by atoms with E-state index in [4.69, 9.17) is 15.2 Å². The lowest BCUT2D eigenvalue weighted by atomic mass is 9.83. The number of aliphatic hydroxyl groups is 4. The maximum atomic E-state index is 10.8. The third kappa shape index (κ3) is 5.35. The number of hydrogen-bond acceptors (Lipinski definition) is 7. The van der Waals surface area contributed by atoms with Crippen molar-refractivity contribution in [2.45, 2.75) is 108 Å². The van der Waals surface area contributed by atoms with Crippen molar-refractivity contribution < 1.29 is 29.9 Å². The Bertz CT molecular complexity index is 414. The molecule has 6 N–H and O–H groups in total. The van der Waals surface area contributed by atoms with Crippen molar-refractivity contribution in [3.8, 4) is 0 Å². The van der Waals surface area contributed by atoms with E-state index in [-0.39, 0.29) is 6.42 Å². The van der Waals surface area contributed by atoms with Crippen molar-refractivity contribution in [3.05, 3.63) is 0 Å². The molecule has 0 saturated carbocycles. The molecule has 0 aromatic rings. The standard InChI is InChI=1S/C18H37NO6/c1-6-9-16(4,22)10-12-13(19)14(21)15(18(23,11-20)24-12)25-17(5,7-2)8-3/h12-15,20-23H,6-11,19H2,1-5H3. The highest BCUT2D eigenvalue weighted by Crippen LogP contribution is 2.36. The lowest BCUT2D eigenvalue weighted by Crippen LogP contribution is -2.70. The van der Waals surface area contributed by atoms with Crippen molar-refractivity contribution in [3.63, 3.8) is 0 Å². The predicted octanol–water partition coefficient (Wildman–Crippen LogP) is 0.659. The maximum Gasteiger partial charge on any atom is 0.219 e. The summed E-state index contributed by atoms with van der Waals surface area (Å²) in [6.45, 7) is 8.66. The van der Waals surface area contributed by atoms with Gasteiger partial charge in [0.1, 0.15) is 12.2 Å². The van der Waals surface area contributed by atoms with E-state index in [1.165, 1.54) is 0 Å². The van der Waals surface area contributed by atoms with Crippen LogP contribution in [0.1, 0.15) is 66.7 Å². The maximum absolute atomic E-state index is 10.8. The van der Waals surface area contributed by atoms with Gasteiger partial charge < -0.3 is 35.6 Å². The molecule has 0 aliphatic carbocycles. The molecule has 150 valence electrons. The van der Waals surface area contributed by atoms with Gasteiger partial charge >= 0.3 is 0 Å². The zero-order valence-electron chi connectivity index (χ0n) is 16.2. The normalized spacial score (nSPS) is 36.2. The molecular formula is C18H37NO6. The zero-order chi connectivity index (χ0) is 19.5. The summed E-state index contributed by atoms with van der Waals surface area (Å²) in [5.41, 5.74) is 4.51. The van der Waals surface area contributed by atoms with E-state index < -0.39 is 47.9 Å². The number of nitrogens with two attached hydrogens (primary N) is 1. The first-order valence-corrected chi connectivity index (χ1v) is 9.32. The van der Waals surface area contributed by atoms with Crippen molar-refractivity contribution in [1.29, 1.82) is 0 Å². The molecule has 1 aliphatic heterocycles. The molecule has 1 rings (SSSR count). The number of aliphatic hydroxyl groups excluding tert-OH is 2. The van der Waals surface area contributed by atoms with E-state index in [2.05, 4.69) is 0 Å². The SMILES string of the molecule is CCCC(C)(O)CC1OC(O)(CO)C(OC(C)(CC)CC)C(O)C1N. The summed E-state index contributed by atoms with van der Waals surface area (Å²) in [6, 6.07) is -0.849. The molecule has 0 spiro atoms. The van der Waals surface area contributed by atoms with Crippen LogP contribution in [0.3, 0.4) is 0 Å². The lowest BCUT2D eigenvalue weighted by Gasteiger charge is -2.50. The third-order valence-corrected chi connectivity index (χ3v) is 5.50. The monoisotopic (exact) mass is 363 g/mol. The Balaban J connectivity index is 3.03. The Kier molecular flexibility index (Phi) is 7.83. The summed E-state index contributed by atoms with van der Waals surface area (Å²) >= 11 is 0. The summed E-state index contributed by atoms with van der Waals surface area (Å²) in [5.74, 6) is -2.08. The highest BCUT2D eigenvalue weighted by atomic mass is 16.7. The van der Waals surface area contributed by atoms with Crippen LogP contribution in [0.4, 0.5) is 0 Å². The molecule has 1 heterocycles. The zero-order valence-corrected chi connectivity index (χ0v) is 16.2. The smallest absolute Gasteiger partial charge is 0.219 e. The Morgan fingerprint density at radius 3 is 2.20 bits per heavy atom. The van der Waals surface area contributed by atoms with E-state index >= 15 is 0 Å². The second-order valence-corrected chi connectivity index (χ2v) is 7.87. The Morgan fingerprint density at radius 2 is 1.76 bits per heavy atom. The van der Waals surface area contributed by atoms with Crippen molar-refractivity contribution in [1.82, 2.24) is 0 Å². The minimum absolute atomic E-state index is 0.146. The van der Waals surface area contributed by atoms with Gasteiger partial charge in [-0.05, 0) is 33.1 Å². The second-order valence-electron chi connectivity index (χ2n) is 7.87. The minimum atomic E-state index is -2.08. The van der Waals surface area contributed by atoms with E-state index in [0.717, 1.165) is 6.42 Å². The fourth-order valence-electron chi connectivity index (χ4n) is 3.36. The highest BCUT2D eigenvalue weighted by molar-refractivity contribution is 5.01.